The fourth-order valence-corrected chi connectivity index (χ4v) is 2.90. The van der Waals surface area contributed by atoms with Gasteiger partial charge in [0.05, 0.1) is 0 Å². The highest BCUT2D eigenvalue weighted by molar-refractivity contribution is 5.74. The number of nitrogens with one attached hydrogen (secondary N) is 3. The monoisotopic (exact) mass is 280 g/mol. The molecular formula is C15H28N4O. The lowest BCUT2D eigenvalue weighted by molar-refractivity contribution is 0.229. The molecule has 2 amide bonds. The van der Waals surface area contributed by atoms with Gasteiger partial charge in [-0.1, -0.05) is 25.3 Å². The minimum absolute atomic E-state index is 0.0906. The average molecular weight is 280 g/mol. The molecule has 1 heterocycles. The van der Waals surface area contributed by atoms with Crippen LogP contribution in [0.1, 0.15) is 32.1 Å². The van der Waals surface area contributed by atoms with Crippen LogP contribution in [0.3, 0.4) is 0 Å². The molecule has 5 nitrogen and oxygen atoms in total. The van der Waals surface area contributed by atoms with E-state index in [-0.39, 0.29) is 6.03 Å². The fraction of sp³-hybridized carbons (Fsp3) is 0.800. The molecule has 0 atom stereocenters. The number of amides is 2. The molecule has 2 rings (SSSR count). The SMILES string of the molecule is O=C(N/C=C/C1CCCCC1)NCCN1CCNCC1. The van der Waals surface area contributed by atoms with Crippen molar-refractivity contribution in [3.8, 4) is 0 Å². The standard InChI is InChI=1S/C15H28N4O/c20-15(17-7-6-14-4-2-1-3-5-14)18-10-13-19-11-8-16-9-12-19/h6-7,14,16H,1-5,8-13H2,(H2,17,18,20)/b7-6+. The number of hydrogen-bond donors (Lipinski definition) is 3. The summed E-state index contributed by atoms with van der Waals surface area (Å²) in [5.74, 6) is 0.657. The second-order valence-corrected chi connectivity index (χ2v) is 5.75. The van der Waals surface area contributed by atoms with Crippen LogP contribution in [0.4, 0.5) is 4.79 Å². The van der Waals surface area contributed by atoms with E-state index in [1.807, 2.05) is 6.20 Å². The summed E-state index contributed by atoms with van der Waals surface area (Å²) in [7, 11) is 0. The van der Waals surface area contributed by atoms with Crippen LogP contribution in [-0.4, -0.2) is 50.2 Å². The summed E-state index contributed by atoms with van der Waals surface area (Å²) in [5, 5.41) is 9.03. The Labute approximate surface area is 122 Å². The molecule has 0 radical (unpaired) electrons. The lowest BCUT2D eigenvalue weighted by atomic mass is 9.89. The third-order valence-electron chi connectivity index (χ3n) is 4.16. The molecule has 3 N–H and O–H groups in total. The molecule has 0 aromatic carbocycles. The van der Waals surface area contributed by atoms with Gasteiger partial charge in [0, 0.05) is 45.5 Å². The Morgan fingerprint density at radius 1 is 1.20 bits per heavy atom. The third kappa shape index (κ3) is 5.92. The van der Waals surface area contributed by atoms with E-state index in [1.54, 1.807) is 0 Å². The van der Waals surface area contributed by atoms with Crippen molar-refractivity contribution in [2.45, 2.75) is 32.1 Å². The largest absolute Gasteiger partial charge is 0.337 e. The fourth-order valence-electron chi connectivity index (χ4n) is 2.90. The summed E-state index contributed by atoms with van der Waals surface area (Å²) in [5.41, 5.74) is 0. The number of nitrogens with zero attached hydrogens (tertiary/aromatic N) is 1. The summed E-state index contributed by atoms with van der Waals surface area (Å²) in [6.45, 7) is 5.90. The van der Waals surface area contributed by atoms with Crippen LogP contribution in [0.15, 0.2) is 12.3 Å². The summed E-state index contributed by atoms with van der Waals surface area (Å²) in [6.07, 6.45) is 10.5. The highest BCUT2D eigenvalue weighted by atomic mass is 16.2. The van der Waals surface area contributed by atoms with Crippen molar-refractivity contribution in [1.29, 1.82) is 0 Å². The number of rotatable bonds is 5. The van der Waals surface area contributed by atoms with Crippen LogP contribution in [-0.2, 0) is 0 Å². The molecule has 0 aromatic heterocycles. The Morgan fingerprint density at radius 2 is 1.95 bits per heavy atom. The first-order valence-electron chi connectivity index (χ1n) is 7.99. The van der Waals surface area contributed by atoms with Gasteiger partial charge in [-0.15, -0.1) is 0 Å². The summed E-state index contributed by atoms with van der Waals surface area (Å²) < 4.78 is 0. The molecule has 2 aliphatic rings. The summed E-state index contributed by atoms with van der Waals surface area (Å²) in [6, 6.07) is -0.0906. The van der Waals surface area contributed by atoms with Gasteiger partial charge >= 0.3 is 6.03 Å². The van der Waals surface area contributed by atoms with Crippen molar-refractivity contribution >= 4 is 6.03 Å². The van der Waals surface area contributed by atoms with E-state index in [9.17, 15) is 4.79 Å². The van der Waals surface area contributed by atoms with Crippen LogP contribution in [0.2, 0.25) is 0 Å². The molecule has 1 aliphatic carbocycles. The number of carbonyl (C=O) groups is 1. The quantitative estimate of drug-likeness (QED) is 0.711. The highest BCUT2D eigenvalue weighted by Gasteiger charge is 2.10. The van der Waals surface area contributed by atoms with Gasteiger partial charge in [-0.3, -0.25) is 4.90 Å². The van der Waals surface area contributed by atoms with Gasteiger partial charge in [0.2, 0.25) is 0 Å². The van der Waals surface area contributed by atoms with Gasteiger partial charge in [-0.25, -0.2) is 4.79 Å². The van der Waals surface area contributed by atoms with Crippen molar-refractivity contribution in [3.05, 3.63) is 12.3 Å². The van der Waals surface area contributed by atoms with Gasteiger partial charge in [0.15, 0.2) is 0 Å². The smallest absolute Gasteiger partial charge is 0.318 e. The van der Waals surface area contributed by atoms with Crippen molar-refractivity contribution in [2.75, 3.05) is 39.3 Å². The predicted molar refractivity (Wildman–Crippen MR) is 81.6 cm³/mol. The maximum Gasteiger partial charge on any atom is 0.318 e. The Kier molecular flexibility index (Phi) is 6.88. The molecule has 1 saturated carbocycles. The van der Waals surface area contributed by atoms with E-state index >= 15 is 0 Å². The topological polar surface area (TPSA) is 56.4 Å². The Bertz CT molecular complexity index is 307. The van der Waals surface area contributed by atoms with Crippen molar-refractivity contribution < 1.29 is 4.79 Å². The molecule has 114 valence electrons. The molecule has 1 saturated heterocycles. The van der Waals surface area contributed by atoms with Crippen molar-refractivity contribution in [1.82, 2.24) is 20.9 Å². The van der Waals surface area contributed by atoms with E-state index in [4.69, 9.17) is 0 Å². The zero-order valence-electron chi connectivity index (χ0n) is 12.4. The zero-order chi connectivity index (χ0) is 14.0. The number of allylic oxidation sites excluding steroid dienone is 1. The Hall–Kier alpha value is -1.07. The summed E-state index contributed by atoms with van der Waals surface area (Å²) in [4.78, 5) is 14.0. The average Bonchev–Trinajstić information content (AvgIpc) is 2.49. The van der Waals surface area contributed by atoms with Crippen LogP contribution < -0.4 is 16.0 Å². The maximum atomic E-state index is 11.6. The predicted octanol–water partition coefficient (Wildman–Crippen LogP) is 1.28. The normalized spacial score (nSPS) is 22.0. The van der Waals surface area contributed by atoms with Crippen LogP contribution in [0.5, 0.6) is 0 Å². The third-order valence-corrected chi connectivity index (χ3v) is 4.16. The number of piperazine rings is 1. The van der Waals surface area contributed by atoms with Crippen LogP contribution in [0.25, 0.3) is 0 Å². The van der Waals surface area contributed by atoms with E-state index in [1.165, 1.54) is 32.1 Å². The minimum Gasteiger partial charge on any atom is -0.337 e. The Morgan fingerprint density at radius 3 is 2.70 bits per heavy atom. The summed E-state index contributed by atoms with van der Waals surface area (Å²) >= 11 is 0. The first kappa shape index (κ1) is 15.3. The molecule has 20 heavy (non-hydrogen) atoms. The molecule has 1 aliphatic heterocycles. The van der Waals surface area contributed by atoms with E-state index in [2.05, 4.69) is 26.9 Å². The number of hydrogen-bond acceptors (Lipinski definition) is 3. The van der Waals surface area contributed by atoms with Gasteiger partial charge in [0.25, 0.3) is 0 Å². The maximum absolute atomic E-state index is 11.6. The highest BCUT2D eigenvalue weighted by Crippen LogP contribution is 2.24. The molecule has 5 heteroatoms. The molecule has 0 bridgehead atoms. The number of urea groups is 1. The first-order valence-corrected chi connectivity index (χ1v) is 7.99. The molecule has 0 aromatic rings. The zero-order valence-corrected chi connectivity index (χ0v) is 12.4. The van der Waals surface area contributed by atoms with Gasteiger partial charge in [-0.2, -0.15) is 0 Å². The van der Waals surface area contributed by atoms with E-state index in [0.717, 1.165) is 32.7 Å². The molecule has 2 fully saturated rings. The van der Waals surface area contributed by atoms with Crippen molar-refractivity contribution in [2.24, 2.45) is 5.92 Å². The number of carbonyl (C=O) groups excluding carboxylic acids is 1. The lowest BCUT2D eigenvalue weighted by Crippen LogP contribution is -2.46. The second kappa shape index (κ2) is 8.97. The first-order chi connectivity index (χ1) is 9.84. The molecule has 0 spiro atoms. The van der Waals surface area contributed by atoms with Gasteiger partial charge in [-0.05, 0) is 18.8 Å². The van der Waals surface area contributed by atoms with E-state index < -0.39 is 0 Å². The minimum atomic E-state index is -0.0906. The molecular weight excluding hydrogens is 252 g/mol. The van der Waals surface area contributed by atoms with Crippen LogP contribution >= 0.6 is 0 Å². The van der Waals surface area contributed by atoms with E-state index in [0.29, 0.717) is 12.5 Å². The van der Waals surface area contributed by atoms with Gasteiger partial charge < -0.3 is 16.0 Å². The molecule has 0 unspecified atom stereocenters. The lowest BCUT2D eigenvalue weighted by Gasteiger charge is -2.27. The Balaban J connectivity index is 1.52. The van der Waals surface area contributed by atoms with Gasteiger partial charge in [0.1, 0.15) is 0 Å². The van der Waals surface area contributed by atoms with Crippen LogP contribution in [0, 0.1) is 5.92 Å². The second-order valence-electron chi connectivity index (χ2n) is 5.75. The van der Waals surface area contributed by atoms with Crippen molar-refractivity contribution in [3.63, 3.8) is 0 Å².